The van der Waals surface area contributed by atoms with Crippen LogP contribution in [-0.4, -0.2) is 2.14 Å². The molecule has 0 N–H and O–H groups in total. The highest BCUT2D eigenvalue weighted by Crippen LogP contribution is 2.36. The normalized spacial score (nSPS) is 10.6. The van der Waals surface area contributed by atoms with Crippen molar-refractivity contribution >= 4 is 47.8 Å². The Bertz CT molecular complexity index is 84.1. The van der Waals surface area contributed by atoms with Crippen LogP contribution in [0.5, 0.6) is 0 Å². The number of halogens is 3. The monoisotopic (exact) mass is 288 g/mol. The third kappa shape index (κ3) is 7.00. The Morgan fingerprint density at radius 1 is 1.43 bits per heavy atom. The van der Waals surface area contributed by atoms with Crippen LogP contribution in [0.3, 0.4) is 0 Å². The molecule has 0 saturated heterocycles. The Balaban J connectivity index is 3.40. The number of terminal acetylenes is 1. The van der Waals surface area contributed by atoms with Crippen LogP contribution in [0.2, 0.25) is 0 Å². The van der Waals surface area contributed by atoms with Crippen LogP contribution >= 0.6 is 47.8 Å². The zero-order valence-electron chi connectivity index (χ0n) is 3.42. The summed E-state index contributed by atoms with van der Waals surface area (Å²) in [6.45, 7) is 0. The van der Waals surface area contributed by atoms with Crippen LogP contribution in [0.15, 0.2) is 0 Å². The zero-order chi connectivity index (χ0) is 5.91. The summed E-state index contributed by atoms with van der Waals surface area (Å²) < 4.78 is -0.248. The average molecular weight is 291 g/mol. The Morgan fingerprint density at radius 3 is 1.86 bits per heavy atom. The summed E-state index contributed by atoms with van der Waals surface area (Å²) in [5.41, 5.74) is 0. The van der Waals surface area contributed by atoms with Crippen LogP contribution in [-0.2, 0) is 0 Å². The van der Waals surface area contributed by atoms with Crippen LogP contribution in [0.25, 0.3) is 0 Å². The largest absolute Gasteiger partial charge is 0.145 e. The second-order valence-electron chi connectivity index (χ2n) is 0.996. The van der Waals surface area contributed by atoms with Gasteiger partial charge in [-0.05, 0) is 0 Å². The summed E-state index contributed by atoms with van der Waals surface area (Å²) in [4.78, 5) is 0. The Labute approximate surface area is 68.4 Å². The fraction of sp³-hybridized carbons (Fsp3) is 0.500. The number of hydrogen-bond donors (Lipinski definition) is 0. The number of alkyl halides is 3. The average Bonchev–Trinajstić information content (AvgIpc) is 1.30. The quantitative estimate of drug-likeness (QED) is 0.475. The topological polar surface area (TPSA) is 0 Å². The van der Waals surface area contributed by atoms with E-state index in [9.17, 15) is 0 Å². The highest BCUT2D eigenvalue weighted by atomic mass is 80.0. The summed E-state index contributed by atoms with van der Waals surface area (Å²) in [7, 11) is 0. The van der Waals surface area contributed by atoms with Gasteiger partial charge in [-0.1, -0.05) is 47.8 Å². The molecule has 0 aliphatic heterocycles. The predicted molar refractivity (Wildman–Crippen MR) is 43.0 cm³/mol. The molecule has 3 heteroatoms. The van der Waals surface area contributed by atoms with Crippen molar-refractivity contribution in [3.63, 3.8) is 0 Å². The molecule has 0 fully saturated rings. The van der Waals surface area contributed by atoms with Gasteiger partial charge in [0.15, 0.2) is 0 Å². The lowest BCUT2D eigenvalue weighted by Crippen LogP contribution is -1.94. The molecule has 0 atom stereocenters. The van der Waals surface area contributed by atoms with Crippen LogP contribution in [0, 0.1) is 12.3 Å². The van der Waals surface area contributed by atoms with Crippen molar-refractivity contribution in [2.45, 2.75) is 8.56 Å². The van der Waals surface area contributed by atoms with E-state index in [1.807, 2.05) is 0 Å². The molecule has 0 nitrogen and oxygen atoms in total. The Morgan fingerprint density at radius 2 is 1.86 bits per heavy atom. The molecule has 0 aliphatic rings. The van der Waals surface area contributed by atoms with Crippen LogP contribution < -0.4 is 0 Å². The van der Waals surface area contributed by atoms with E-state index in [1.54, 1.807) is 0 Å². The molecule has 0 radical (unpaired) electrons. The number of hydrogen-bond acceptors (Lipinski definition) is 0. The lowest BCUT2D eigenvalue weighted by molar-refractivity contribution is 1.22. The highest BCUT2D eigenvalue weighted by molar-refractivity contribution is 9.39. The van der Waals surface area contributed by atoms with E-state index in [0.29, 0.717) is 6.42 Å². The van der Waals surface area contributed by atoms with Crippen molar-refractivity contribution in [1.82, 2.24) is 0 Å². The fourth-order valence-corrected chi connectivity index (χ4v) is 0.601. The molecule has 0 unspecified atom stereocenters. The third-order valence-electron chi connectivity index (χ3n) is 0.303. The SMILES string of the molecule is C#CCC(Br)(Br)Br. The molecule has 40 valence electrons. The van der Waals surface area contributed by atoms with Gasteiger partial charge in [0.25, 0.3) is 0 Å². The van der Waals surface area contributed by atoms with Gasteiger partial charge >= 0.3 is 0 Å². The van der Waals surface area contributed by atoms with Gasteiger partial charge in [-0.3, -0.25) is 0 Å². The first-order chi connectivity index (χ1) is 3.06. The molecule has 0 bridgehead atoms. The molecule has 0 aromatic heterocycles. The van der Waals surface area contributed by atoms with Gasteiger partial charge < -0.3 is 0 Å². The van der Waals surface area contributed by atoms with Gasteiger partial charge in [0.2, 0.25) is 0 Å². The van der Waals surface area contributed by atoms with E-state index in [4.69, 9.17) is 6.42 Å². The highest BCUT2D eigenvalue weighted by Gasteiger charge is 2.14. The molecule has 0 rings (SSSR count). The molecule has 0 aromatic rings. The van der Waals surface area contributed by atoms with Gasteiger partial charge in [-0.25, -0.2) is 0 Å². The van der Waals surface area contributed by atoms with Gasteiger partial charge in [-0.15, -0.1) is 12.3 Å². The maximum Gasteiger partial charge on any atom is 0.145 e. The van der Waals surface area contributed by atoms with Gasteiger partial charge in [-0.2, -0.15) is 0 Å². The minimum atomic E-state index is -0.248. The van der Waals surface area contributed by atoms with Gasteiger partial charge in [0.05, 0.1) is 0 Å². The second-order valence-corrected chi connectivity index (χ2v) is 8.25. The first kappa shape index (κ1) is 8.00. The maximum absolute atomic E-state index is 4.97. The molecule has 0 aromatic carbocycles. The molecule has 0 heterocycles. The first-order valence-corrected chi connectivity index (χ1v) is 3.94. The van der Waals surface area contributed by atoms with Crippen LogP contribution in [0.1, 0.15) is 6.42 Å². The minimum Gasteiger partial charge on any atom is -0.120 e. The van der Waals surface area contributed by atoms with Crippen LogP contribution in [0.4, 0.5) is 0 Å². The smallest absolute Gasteiger partial charge is 0.120 e. The molecular formula is C4H3Br3. The molecule has 7 heavy (non-hydrogen) atoms. The van der Waals surface area contributed by atoms with Gasteiger partial charge in [0, 0.05) is 6.42 Å². The lowest BCUT2D eigenvalue weighted by Gasteiger charge is -2.03. The van der Waals surface area contributed by atoms with E-state index in [2.05, 4.69) is 53.7 Å². The summed E-state index contributed by atoms with van der Waals surface area (Å²) in [6, 6.07) is 0. The Hall–Kier alpha value is 1.00. The maximum atomic E-state index is 4.97. The summed E-state index contributed by atoms with van der Waals surface area (Å²) >= 11 is 9.69. The van der Waals surface area contributed by atoms with E-state index in [0.717, 1.165) is 0 Å². The lowest BCUT2D eigenvalue weighted by atomic mass is 10.5. The molecule has 0 aliphatic carbocycles. The molecule has 0 amide bonds. The van der Waals surface area contributed by atoms with E-state index in [1.165, 1.54) is 0 Å². The van der Waals surface area contributed by atoms with E-state index in [-0.39, 0.29) is 2.14 Å². The first-order valence-electron chi connectivity index (χ1n) is 1.56. The van der Waals surface area contributed by atoms with Crippen molar-refractivity contribution < 1.29 is 0 Å². The Kier molecular flexibility index (Phi) is 3.56. The van der Waals surface area contributed by atoms with E-state index < -0.39 is 0 Å². The fourth-order valence-electron chi connectivity index (χ4n) is 0.116. The third-order valence-corrected chi connectivity index (χ3v) is 1.14. The van der Waals surface area contributed by atoms with Crippen molar-refractivity contribution in [2.75, 3.05) is 0 Å². The zero-order valence-corrected chi connectivity index (χ0v) is 8.18. The van der Waals surface area contributed by atoms with Crippen molar-refractivity contribution in [2.24, 2.45) is 0 Å². The van der Waals surface area contributed by atoms with E-state index >= 15 is 0 Å². The summed E-state index contributed by atoms with van der Waals surface area (Å²) in [5, 5.41) is 0. The second kappa shape index (κ2) is 3.11. The predicted octanol–water partition coefficient (Wildman–Crippen LogP) is 2.85. The molecule has 0 saturated carbocycles. The number of rotatable bonds is 0. The van der Waals surface area contributed by atoms with Crippen molar-refractivity contribution in [3.8, 4) is 12.3 Å². The summed E-state index contributed by atoms with van der Waals surface area (Å²) in [6.07, 6.45) is 5.59. The molecular weight excluding hydrogens is 288 g/mol. The van der Waals surface area contributed by atoms with Gasteiger partial charge in [0.1, 0.15) is 2.14 Å². The van der Waals surface area contributed by atoms with Crippen molar-refractivity contribution in [1.29, 1.82) is 0 Å². The minimum absolute atomic E-state index is 0.248. The summed E-state index contributed by atoms with van der Waals surface area (Å²) in [5.74, 6) is 2.47. The standard InChI is InChI=1S/C4H3Br3/c1-2-3-4(5,6)7/h1H,3H2. The van der Waals surface area contributed by atoms with Crippen molar-refractivity contribution in [3.05, 3.63) is 0 Å². The molecule has 0 spiro atoms.